The maximum Gasteiger partial charge on any atom is 0.330 e. The van der Waals surface area contributed by atoms with E-state index in [0.29, 0.717) is 11.3 Å². The van der Waals surface area contributed by atoms with Gasteiger partial charge in [0.2, 0.25) is 6.29 Å². The first-order valence-electron chi connectivity index (χ1n) is 14.3. The molecule has 6 N–H and O–H groups in total. The number of benzene rings is 2. The molecule has 0 radical (unpaired) electrons. The summed E-state index contributed by atoms with van der Waals surface area (Å²) in [6.45, 7) is 1.93. The molecule has 2 heterocycles. The quantitative estimate of drug-likeness (QED) is 0.143. The van der Waals surface area contributed by atoms with Crippen LogP contribution in [-0.4, -0.2) is 130 Å². The van der Waals surface area contributed by atoms with Gasteiger partial charge < -0.3 is 59.2 Å². The van der Waals surface area contributed by atoms with Crippen molar-refractivity contribution in [2.45, 2.75) is 74.8 Å². The summed E-state index contributed by atoms with van der Waals surface area (Å²) in [5, 5.41) is 62.7. The van der Waals surface area contributed by atoms with Crippen molar-refractivity contribution in [1.82, 2.24) is 4.90 Å². The summed E-state index contributed by atoms with van der Waals surface area (Å²) in [6.07, 6.45) is -11.1. The Hall–Kier alpha value is -3.11. The molecule has 2 saturated heterocycles. The monoisotopic (exact) mass is 619 g/mol. The number of phenolic OH excluding ortho intramolecular Hbond substituents is 1. The minimum atomic E-state index is -1.77. The zero-order chi connectivity index (χ0) is 32.0. The maximum absolute atomic E-state index is 12.2. The number of ether oxygens (including phenoxy) is 5. The Morgan fingerprint density at radius 3 is 2.20 bits per heavy atom. The van der Waals surface area contributed by atoms with Crippen LogP contribution in [-0.2, 0) is 30.2 Å². The zero-order valence-electron chi connectivity index (χ0n) is 24.7. The van der Waals surface area contributed by atoms with Gasteiger partial charge in [0.1, 0.15) is 60.8 Å². The second-order valence-electron chi connectivity index (χ2n) is 11.2. The topological polar surface area (TPSA) is 188 Å². The molecule has 10 atom stereocenters. The van der Waals surface area contributed by atoms with Gasteiger partial charge in [-0.3, -0.25) is 0 Å². The van der Waals surface area contributed by atoms with Crippen LogP contribution in [0.15, 0.2) is 54.6 Å². The van der Waals surface area contributed by atoms with Crippen molar-refractivity contribution in [3.05, 3.63) is 65.7 Å². The first kappa shape index (κ1) is 33.8. The fraction of sp³-hybridized carbons (Fsp3) is 0.516. The molecular formula is C31H41NO12. The lowest BCUT2D eigenvalue weighted by Crippen LogP contribution is -2.64. The molecule has 2 aliphatic heterocycles. The van der Waals surface area contributed by atoms with Crippen LogP contribution in [0.2, 0.25) is 0 Å². The second kappa shape index (κ2) is 15.3. The van der Waals surface area contributed by atoms with Gasteiger partial charge in [0.25, 0.3) is 0 Å². The van der Waals surface area contributed by atoms with Crippen LogP contribution in [0.1, 0.15) is 18.1 Å². The SMILES string of the molecule is C[C@@H]1O[C@@H](Oc2ccc(CCN(C)C)cc2)[C@H](O)[C@H](O[C@@H]2O[C@H](COC(=O)/C=C/c3ccc(O)cc3)[C@@H](O)[C@H](O)[C@H]2O)[C@H]1O. The molecule has 0 aromatic heterocycles. The minimum Gasteiger partial charge on any atom is -0.508 e. The average Bonchev–Trinajstić information content (AvgIpc) is 3.00. The van der Waals surface area contributed by atoms with Crippen molar-refractivity contribution in [3.8, 4) is 11.5 Å². The number of aromatic hydroxyl groups is 1. The van der Waals surface area contributed by atoms with Gasteiger partial charge in [0.05, 0.1) is 6.10 Å². The van der Waals surface area contributed by atoms with Gasteiger partial charge in [-0.1, -0.05) is 24.3 Å². The summed E-state index contributed by atoms with van der Waals surface area (Å²) in [4.78, 5) is 14.3. The maximum atomic E-state index is 12.2. The van der Waals surface area contributed by atoms with Crippen LogP contribution >= 0.6 is 0 Å². The van der Waals surface area contributed by atoms with E-state index in [1.54, 1.807) is 31.2 Å². The molecule has 0 spiro atoms. The number of carbonyl (C=O) groups is 1. The van der Waals surface area contributed by atoms with Gasteiger partial charge in [-0.15, -0.1) is 0 Å². The number of esters is 1. The molecule has 4 rings (SSSR count). The van der Waals surface area contributed by atoms with Gasteiger partial charge in [-0.05, 0) is 68.9 Å². The third-order valence-electron chi connectivity index (χ3n) is 7.46. The number of rotatable bonds is 11. The van der Waals surface area contributed by atoms with Crippen LogP contribution < -0.4 is 4.74 Å². The molecule has 0 bridgehead atoms. The molecule has 13 heteroatoms. The van der Waals surface area contributed by atoms with Crippen molar-refractivity contribution in [3.63, 3.8) is 0 Å². The van der Waals surface area contributed by atoms with Crippen molar-refractivity contribution >= 4 is 12.0 Å². The Morgan fingerprint density at radius 1 is 0.864 bits per heavy atom. The first-order valence-corrected chi connectivity index (χ1v) is 14.3. The number of carbonyl (C=O) groups excluding carboxylic acids is 1. The van der Waals surface area contributed by atoms with Crippen LogP contribution in [0.4, 0.5) is 0 Å². The Labute approximate surface area is 255 Å². The Kier molecular flexibility index (Phi) is 11.7. The van der Waals surface area contributed by atoms with Crippen molar-refractivity contribution in [2.24, 2.45) is 0 Å². The van der Waals surface area contributed by atoms with Gasteiger partial charge in [-0.25, -0.2) is 4.79 Å². The molecule has 0 aliphatic carbocycles. The summed E-state index contributed by atoms with van der Waals surface area (Å²) >= 11 is 0. The van der Waals surface area contributed by atoms with E-state index in [1.165, 1.54) is 18.2 Å². The van der Waals surface area contributed by atoms with Gasteiger partial charge in [0, 0.05) is 12.6 Å². The molecule has 242 valence electrons. The summed E-state index contributed by atoms with van der Waals surface area (Å²) in [7, 11) is 3.98. The van der Waals surface area contributed by atoms with Gasteiger partial charge in [-0.2, -0.15) is 0 Å². The van der Waals surface area contributed by atoms with E-state index < -0.39 is 74.0 Å². The molecule has 0 amide bonds. The number of aliphatic hydroxyl groups excluding tert-OH is 5. The molecule has 44 heavy (non-hydrogen) atoms. The number of hydrogen-bond donors (Lipinski definition) is 6. The zero-order valence-corrected chi connectivity index (χ0v) is 24.7. The molecule has 2 aromatic rings. The third kappa shape index (κ3) is 8.75. The van der Waals surface area contributed by atoms with E-state index in [9.17, 15) is 35.4 Å². The summed E-state index contributed by atoms with van der Waals surface area (Å²) in [5.74, 6) is -0.287. The van der Waals surface area contributed by atoms with Crippen LogP contribution in [0.25, 0.3) is 6.08 Å². The smallest absolute Gasteiger partial charge is 0.330 e. The Bertz CT molecular complexity index is 1220. The number of phenols is 1. The van der Waals surface area contributed by atoms with E-state index in [-0.39, 0.29) is 5.75 Å². The normalized spacial score (nSPS) is 32.6. The summed E-state index contributed by atoms with van der Waals surface area (Å²) < 4.78 is 28.1. The molecule has 2 fully saturated rings. The molecule has 0 saturated carbocycles. The second-order valence-corrected chi connectivity index (χ2v) is 11.2. The fourth-order valence-electron chi connectivity index (χ4n) is 4.76. The van der Waals surface area contributed by atoms with Crippen molar-refractivity contribution in [1.29, 1.82) is 0 Å². The van der Waals surface area contributed by atoms with E-state index in [0.717, 1.165) is 24.6 Å². The molecule has 2 aromatic carbocycles. The van der Waals surface area contributed by atoms with E-state index in [1.807, 2.05) is 26.2 Å². The Balaban J connectivity index is 1.37. The standard InChI is InChI=1S/C31H41NO12/c1-17-24(35)29(28(39)31(41-17)42-21-11-6-19(7-12-21)14-15-32(2)3)44-30-27(38)26(37)25(36)22(43-30)16-40-23(34)13-8-18-4-9-20(33)10-5-18/h4-13,17,22,24-31,33,35-39H,14-16H2,1-3H3/b13-8+/t17-,22+,24-,25+,26-,27+,28+,29+,30-,31-/m0/s1. The minimum absolute atomic E-state index is 0.0740. The van der Waals surface area contributed by atoms with E-state index in [2.05, 4.69) is 4.90 Å². The predicted octanol–water partition coefficient (Wildman–Crippen LogP) is -0.209. The highest BCUT2D eigenvalue weighted by molar-refractivity contribution is 5.87. The Morgan fingerprint density at radius 2 is 1.55 bits per heavy atom. The average molecular weight is 620 g/mol. The van der Waals surface area contributed by atoms with E-state index in [4.69, 9.17) is 23.7 Å². The lowest BCUT2D eigenvalue weighted by Gasteiger charge is -2.45. The lowest BCUT2D eigenvalue weighted by molar-refractivity contribution is -0.350. The van der Waals surface area contributed by atoms with Crippen molar-refractivity contribution < 1.29 is 59.1 Å². The van der Waals surface area contributed by atoms with Crippen LogP contribution in [0.3, 0.4) is 0 Å². The molecular weight excluding hydrogens is 578 g/mol. The highest BCUT2D eigenvalue weighted by atomic mass is 16.7. The molecule has 0 unspecified atom stereocenters. The predicted molar refractivity (Wildman–Crippen MR) is 155 cm³/mol. The lowest BCUT2D eigenvalue weighted by atomic mass is 9.97. The first-order chi connectivity index (χ1) is 20.9. The number of aliphatic hydroxyl groups is 5. The molecule has 13 nitrogen and oxygen atoms in total. The number of hydrogen-bond acceptors (Lipinski definition) is 13. The van der Waals surface area contributed by atoms with Crippen LogP contribution in [0.5, 0.6) is 11.5 Å². The molecule has 2 aliphatic rings. The van der Waals surface area contributed by atoms with E-state index >= 15 is 0 Å². The van der Waals surface area contributed by atoms with Gasteiger partial charge >= 0.3 is 5.97 Å². The highest BCUT2D eigenvalue weighted by Gasteiger charge is 2.50. The highest BCUT2D eigenvalue weighted by Crippen LogP contribution is 2.30. The largest absolute Gasteiger partial charge is 0.508 e. The number of likely N-dealkylation sites (N-methyl/N-ethyl adjacent to an activating group) is 1. The number of nitrogens with zero attached hydrogens (tertiary/aromatic N) is 1. The van der Waals surface area contributed by atoms with Crippen molar-refractivity contribution in [2.75, 3.05) is 27.2 Å². The van der Waals surface area contributed by atoms with Gasteiger partial charge in [0.15, 0.2) is 6.29 Å². The van der Waals surface area contributed by atoms with Crippen LogP contribution in [0, 0.1) is 0 Å². The third-order valence-corrected chi connectivity index (χ3v) is 7.46. The summed E-state index contributed by atoms with van der Waals surface area (Å²) in [6, 6.07) is 13.4. The summed E-state index contributed by atoms with van der Waals surface area (Å²) in [5.41, 5.74) is 1.72. The fourth-order valence-corrected chi connectivity index (χ4v) is 4.76.